The monoisotopic (exact) mass is 537 g/mol. The predicted molar refractivity (Wildman–Crippen MR) is 148 cm³/mol. The molecule has 4 N–H and O–H groups in total. The molecule has 3 rings (SSSR count). The quantitative estimate of drug-likeness (QED) is 0.158. The number of ether oxygens (including phenoxy) is 1. The van der Waals surface area contributed by atoms with Gasteiger partial charge in [0.15, 0.2) is 10.9 Å². The van der Waals surface area contributed by atoms with E-state index >= 15 is 0 Å². The lowest BCUT2D eigenvalue weighted by molar-refractivity contribution is -0.221. The van der Waals surface area contributed by atoms with Crippen LogP contribution in [0.1, 0.15) is 52.4 Å². The highest BCUT2D eigenvalue weighted by molar-refractivity contribution is 7.98. The summed E-state index contributed by atoms with van der Waals surface area (Å²) in [5.74, 6) is -1.22. The van der Waals surface area contributed by atoms with Gasteiger partial charge in [0, 0.05) is 18.7 Å². The fourth-order valence-electron chi connectivity index (χ4n) is 3.88. The Morgan fingerprint density at radius 3 is 2.42 bits per heavy atom. The molecule has 2 unspecified atom stereocenters. The summed E-state index contributed by atoms with van der Waals surface area (Å²) in [5.41, 5.74) is 3.28. The third kappa shape index (κ3) is 7.56. The first-order chi connectivity index (χ1) is 17.1. The van der Waals surface area contributed by atoms with E-state index in [4.69, 9.17) is 14.7 Å². The van der Waals surface area contributed by atoms with E-state index in [2.05, 4.69) is 15.3 Å². The van der Waals surface area contributed by atoms with Gasteiger partial charge in [-0.3, -0.25) is 4.98 Å². The summed E-state index contributed by atoms with van der Waals surface area (Å²) in [7, 11) is 0. The van der Waals surface area contributed by atoms with Crippen molar-refractivity contribution in [3.05, 3.63) is 23.7 Å². The molecule has 0 amide bonds. The number of hydrogen-bond donors (Lipinski definition) is 4. The van der Waals surface area contributed by atoms with Crippen molar-refractivity contribution in [2.75, 3.05) is 24.7 Å². The van der Waals surface area contributed by atoms with Crippen LogP contribution < -0.4 is 5.32 Å². The Bertz CT molecular complexity index is 1120. The average molecular weight is 538 g/mol. The molecular weight excluding hydrogens is 498 g/mol. The number of nitrogens with zero attached hydrogens (tertiary/aromatic N) is 4. The standard InChI is InChI=1S/C23H33N5O4S2.C2H6/c1-7-14(15(30)11-29)16(32-23(4,5)31)10-25-20-18(12(2)26-22(28-20)33-6)21-27-19-13(3)24-9-8-17(19)34-21;1-2/h8-9,14-16,29-31H,7,10-11H2,1-6H3,(H,25,26,28);1-2H3/t14?,15?,16-;/m0./s1. The fourth-order valence-corrected chi connectivity index (χ4v) is 5.40. The van der Waals surface area contributed by atoms with E-state index in [1.54, 1.807) is 31.4 Å². The zero-order valence-electron chi connectivity index (χ0n) is 22.4. The number of pyridine rings is 1. The molecule has 0 aliphatic heterocycles. The Hall–Kier alpha value is -1.89. The summed E-state index contributed by atoms with van der Waals surface area (Å²) in [5, 5.41) is 35.0. The van der Waals surface area contributed by atoms with E-state index in [0.717, 1.165) is 32.2 Å². The van der Waals surface area contributed by atoms with Gasteiger partial charge >= 0.3 is 0 Å². The summed E-state index contributed by atoms with van der Waals surface area (Å²) in [4.78, 5) is 18.5. The number of anilines is 1. The number of thioether (sulfide) groups is 1. The van der Waals surface area contributed by atoms with Crippen LogP contribution in [0.4, 0.5) is 5.82 Å². The van der Waals surface area contributed by atoms with Crippen LogP contribution in [0.25, 0.3) is 20.8 Å². The van der Waals surface area contributed by atoms with E-state index in [-0.39, 0.29) is 6.54 Å². The van der Waals surface area contributed by atoms with E-state index in [9.17, 15) is 15.3 Å². The smallest absolute Gasteiger partial charge is 0.189 e. The predicted octanol–water partition coefficient (Wildman–Crippen LogP) is 4.42. The second-order valence-corrected chi connectivity index (χ2v) is 10.4. The number of thiazole rings is 1. The van der Waals surface area contributed by atoms with Gasteiger partial charge in [-0.15, -0.1) is 11.3 Å². The van der Waals surface area contributed by atoms with Gasteiger partial charge in [0.2, 0.25) is 0 Å². The molecule has 0 fully saturated rings. The zero-order chi connectivity index (χ0) is 27.0. The number of aliphatic hydroxyl groups excluding tert-OH is 2. The molecule has 0 saturated carbocycles. The van der Waals surface area contributed by atoms with Gasteiger partial charge in [-0.25, -0.2) is 15.0 Å². The molecule has 3 aromatic rings. The molecule has 0 aromatic carbocycles. The minimum absolute atomic E-state index is 0.252. The SMILES string of the molecule is CC.CCC(C(O)CO)[C@H](CNc1nc(SC)nc(C)c1-c1nc2c(C)nccc2s1)OC(C)(C)O. The van der Waals surface area contributed by atoms with Gasteiger partial charge in [0.25, 0.3) is 0 Å². The number of aryl methyl sites for hydroxylation is 2. The van der Waals surface area contributed by atoms with Crippen molar-refractivity contribution in [3.8, 4) is 10.6 Å². The van der Waals surface area contributed by atoms with Crippen LogP contribution in [0.2, 0.25) is 0 Å². The number of rotatable bonds is 11. The van der Waals surface area contributed by atoms with Crippen LogP contribution in [0, 0.1) is 19.8 Å². The minimum Gasteiger partial charge on any atom is -0.394 e. The first-order valence-corrected chi connectivity index (χ1v) is 14.2. The largest absolute Gasteiger partial charge is 0.394 e. The second kappa shape index (κ2) is 13.6. The van der Waals surface area contributed by atoms with Gasteiger partial charge in [-0.1, -0.05) is 32.5 Å². The van der Waals surface area contributed by atoms with Gasteiger partial charge in [-0.2, -0.15) is 0 Å². The Labute approximate surface area is 221 Å². The average Bonchev–Trinajstić information content (AvgIpc) is 3.27. The van der Waals surface area contributed by atoms with E-state index in [0.29, 0.717) is 17.4 Å². The topological polar surface area (TPSA) is 134 Å². The lowest BCUT2D eigenvalue weighted by atomic mass is 9.92. The Balaban J connectivity index is 0.00000222. The van der Waals surface area contributed by atoms with Crippen LogP contribution in [0.3, 0.4) is 0 Å². The van der Waals surface area contributed by atoms with Crippen LogP contribution in [-0.4, -0.2) is 72.7 Å². The number of aliphatic hydroxyl groups is 3. The fraction of sp³-hybridized carbons (Fsp3) is 0.600. The molecule has 0 bridgehead atoms. The summed E-state index contributed by atoms with van der Waals surface area (Å²) >= 11 is 2.99. The van der Waals surface area contributed by atoms with E-state index < -0.39 is 30.5 Å². The van der Waals surface area contributed by atoms with Crippen molar-refractivity contribution in [1.82, 2.24) is 19.9 Å². The molecule has 3 heterocycles. The highest BCUT2D eigenvalue weighted by atomic mass is 32.2. The normalized spacial score (nSPS) is 14.2. The molecule has 3 atom stereocenters. The van der Waals surface area contributed by atoms with Gasteiger partial charge < -0.3 is 25.4 Å². The molecule has 0 aliphatic carbocycles. The molecule has 3 aromatic heterocycles. The van der Waals surface area contributed by atoms with Gasteiger partial charge in [0.05, 0.1) is 40.5 Å². The van der Waals surface area contributed by atoms with Crippen LogP contribution in [0.5, 0.6) is 0 Å². The molecule has 0 spiro atoms. The van der Waals surface area contributed by atoms with Crippen molar-refractivity contribution >= 4 is 39.1 Å². The van der Waals surface area contributed by atoms with Crippen molar-refractivity contribution in [3.63, 3.8) is 0 Å². The van der Waals surface area contributed by atoms with Crippen molar-refractivity contribution in [1.29, 1.82) is 0 Å². The highest BCUT2D eigenvalue weighted by Gasteiger charge is 2.32. The molecule has 0 saturated heterocycles. The van der Waals surface area contributed by atoms with Crippen molar-refractivity contribution in [2.45, 2.75) is 78.0 Å². The maximum absolute atomic E-state index is 10.4. The van der Waals surface area contributed by atoms with Gasteiger partial charge in [-0.05, 0) is 46.4 Å². The summed E-state index contributed by atoms with van der Waals surface area (Å²) in [6.45, 7) is 12.7. The van der Waals surface area contributed by atoms with Gasteiger partial charge in [0.1, 0.15) is 16.3 Å². The van der Waals surface area contributed by atoms with Crippen LogP contribution >= 0.6 is 23.1 Å². The molecule has 9 nitrogen and oxygen atoms in total. The maximum Gasteiger partial charge on any atom is 0.189 e. The highest BCUT2D eigenvalue weighted by Crippen LogP contribution is 2.37. The first kappa shape index (κ1) is 30.3. The zero-order valence-corrected chi connectivity index (χ0v) is 24.0. The summed E-state index contributed by atoms with van der Waals surface area (Å²) in [6.07, 6.45) is 2.67. The second-order valence-electron chi connectivity index (χ2n) is 8.59. The Kier molecular flexibility index (Phi) is 11.5. The third-order valence-corrected chi connectivity index (χ3v) is 7.08. The third-order valence-electron chi connectivity index (χ3n) is 5.50. The molecule has 0 radical (unpaired) electrons. The maximum atomic E-state index is 10.4. The van der Waals surface area contributed by atoms with Crippen molar-refractivity contribution < 1.29 is 20.1 Å². The Morgan fingerprint density at radius 1 is 1.17 bits per heavy atom. The van der Waals surface area contributed by atoms with Crippen molar-refractivity contribution in [2.24, 2.45) is 5.92 Å². The summed E-state index contributed by atoms with van der Waals surface area (Å²) in [6, 6.07) is 1.94. The van der Waals surface area contributed by atoms with E-state index in [1.807, 2.05) is 46.9 Å². The number of fused-ring (bicyclic) bond motifs is 1. The minimum atomic E-state index is -1.42. The lowest BCUT2D eigenvalue weighted by Crippen LogP contribution is -2.44. The lowest BCUT2D eigenvalue weighted by Gasteiger charge is -2.34. The number of nitrogens with one attached hydrogen (secondary N) is 1. The molecule has 11 heteroatoms. The molecule has 36 heavy (non-hydrogen) atoms. The Morgan fingerprint density at radius 2 is 1.86 bits per heavy atom. The summed E-state index contributed by atoms with van der Waals surface area (Å²) < 4.78 is 6.91. The molecule has 200 valence electrons. The first-order valence-electron chi connectivity index (χ1n) is 12.2. The van der Waals surface area contributed by atoms with Crippen LogP contribution in [-0.2, 0) is 4.74 Å². The van der Waals surface area contributed by atoms with Crippen LogP contribution in [0.15, 0.2) is 17.4 Å². The molecular formula is C25H39N5O4S2. The van der Waals surface area contributed by atoms with E-state index in [1.165, 1.54) is 11.8 Å². The number of aromatic nitrogens is 4. The number of hydrogen-bond acceptors (Lipinski definition) is 11. The molecule has 0 aliphatic rings.